The SMILES string of the molecule is CC.CC.CC1CCCC(C2CCC(C)CC(C3CCC3)C2)CC1.CC1CCCCCC1.CC1CCCCCC1. The molecule has 0 heterocycles. The van der Waals surface area contributed by atoms with E-state index in [1.54, 1.807) is 44.9 Å². The molecule has 40 heavy (non-hydrogen) atoms. The minimum Gasteiger partial charge on any atom is -0.0683 e. The van der Waals surface area contributed by atoms with Crippen molar-refractivity contribution in [3.63, 3.8) is 0 Å². The van der Waals surface area contributed by atoms with Crippen LogP contribution >= 0.6 is 0 Å². The molecule has 0 N–H and O–H groups in total. The van der Waals surface area contributed by atoms with Gasteiger partial charge in [0.15, 0.2) is 0 Å². The molecule has 0 spiro atoms. The van der Waals surface area contributed by atoms with Crippen molar-refractivity contribution in [2.24, 2.45) is 47.3 Å². The van der Waals surface area contributed by atoms with E-state index in [4.69, 9.17) is 0 Å². The van der Waals surface area contributed by atoms with Gasteiger partial charge in [0.1, 0.15) is 0 Å². The molecule has 5 atom stereocenters. The molecule has 0 heteroatoms. The minimum absolute atomic E-state index is 1.01. The van der Waals surface area contributed by atoms with Gasteiger partial charge in [-0.3, -0.25) is 0 Å². The molecule has 0 aromatic carbocycles. The van der Waals surface area contributed by atoms with Crippen LogP contribution in [0.2, 0.25) is 0 Å². The highest BCUT2D eigenvalue weighted by Crippen LogP contribution is 2.47. The van der Waals surface area contributed by atoms with Crippen molar-refractivity contribution < 1.29 is 0 Å². The molecule has 5 saturated carbocycles. The summed E-state index contributed by atoms with van der Waals surface area (Å²) >= 11 is 0. The highest BCUT2D eigenvalue weighted by molar-refractivity contribution is 4.86. The van der Waals surface area contributed by atoms with E-state index in [2.05, 4.69) is 27.7 Å². The van der Waals surface area contributed by atoms with Gasteiger partial charge in [-0.05, 0) is 73.0 Å². The van der Waals surface area contributed by atoms with Gasteiger partial charge in [0.25, 0.3) is 0 Å². The van der Waals surface area contributed by atoms with E-state index in [1.807, 2.05) is 27.7 Å². The maximum atomic E-state index is 2.53. The molecule has 0 radical (unpaired) electrons. The Morgan fingerprint density at radius 2 is 0.600 bits per heavy atom. The van der Waals surface area contributed by atoms with E-state index < -0.39 is 0 Å². The predicted octanol–water partition coefficient (Wildman–Crippen LogP) is 14.5. The zero-order valence-corrected chi connectivity index (χ0v) is 29.6. The quantitative estimate of drug-likeness (QED) is 0.295. The summed E-state index contributed by atoms with van der Waals surface area (Å²) in [4.78, 5) is 0. The van der Waals surface area contributed by atoms with Crippen molar-refractivity contribution in [2.75, 3.05) is 0 Å². The molecule has 5 aliphatic carbocycles. The Morgan fingerprint density at radius 3 is 1.07 bits per heavy atom. The zero-order chi connectivity index (χ0) is 29.6. The first kappa shape index (κ1) is 38.0. The average molecular weight is 561 g/mol. The zero-order valence-electron chi connectivity index (χ0n) is 29.6. The fourth-order valence-electron chi connectivity index (χ4n) is 8.41. The topological polar surface area (TPSA) is 0 Å². The minimum atomic E-state index is 1.01. The first-order valence-corrected chi connectivity index (χ1v) is 19.5. The Balaban J connectivity index is 0.000000331. The van der Waals surface area contributed by atoms with Crippen LogP contribution in [0.5, 0.6) is 0 Å². The van der Waals surface area contributed by atoms with Crippen LogP contribution in [0.25, 0.3) is 0 Å². The van der Waals surface area contributed by atoms with Gasteiger partial charge in [-0.2, -0.15) is 0 Å². The number of hydrogen-bond donors (Lipinski definition) is 0. The van der Waals surface area contributed by atoms with Crippen molar-refractivity contribution in [3.05, 3.63) is 0 Å². The van der Waals surface area contributed by atoms with Crippen LogP contribution in [-0.4, -0.2) is 0 Å². The number of hydrogen-bond acceptors (Lipinski definition) is 0. The molecule has 0 aromatic heterocycles. The third-order valence-electron chi connectivity index (χ3n) is 11.4. The van der Waals surface area contributed by atoms with Crippen LogP contribution in [0.15, 0.2) is 0 Å². The lowest BCUT2D eigenvalue weighted by Gasteiger charge is -2.37. The molecule has 240 valence electrons. The lowest BCUT2D eigenvalue weighted by molar-refractivity contribution is 0.144. The van der Waals surface area contributed by atoms with Crippen LogP contribution in [0.1, 0.15) is 209 Å². The molecule has 0 bridgehead atoms. The van der Waals surface area contributed by atoms with Gasteiger partial charge in [-0.15, -0.1) is 0 Å². The first-order chi connectivity index (χ1) is 19.5. The van der Waals surface area contributed by atoms with Gasteiger partial charge in [0.2, 0.25) is 0 Å². The van der Waals surface area contributed by atoms with E-state index in [9.17, 15) is 0 Å². The van der Waals surface area contributed by atoms with Crippen LogP contribution in [0.4, 0.5) is 0 Å². The third kappa shape index (κ3) is 16.6. The van der Waals surface area contributed by atoms with Gasteiger partial charge in [-0.25, -0.2) is 0 Å². The summed E-state index contributed by atoms with van der Waals surface area (Å²) in [6.45, 7) is 17.8. The molecule has 0 nitrogen and oxygen atoms in total. The molecule has 5 fully saturated rings. The van der Waals surface area contributed by atoms with Gasteiger partial charge in [0, 0.05) is 0 Å². The largest absolute Gasteiger partial charge is 0.0683 e. The lowest BCUT2D eigenvalue weighted by atomic mass is 9.69. The maximum absolute atomic E-state index is 2.53. The van der Waals surface area contributed by atoms with E-state index in [0.29, 0.717) is 0 Å². The van der Waals surface area contributed by atoms with Gasteiger partial charge in [-0.1, -0.05) is 184 Å². The Kier molecular flexibility index (Phi) is 23.2. The summed E-state index contributed by atoms with van der Waals surface area (Å²) in [6.07, 6.45) is 36.4. The summed E-state index contributed by atoms with van der Waals surface area (Å²) < 4.78 is 0. The standard InChI is InChI=1S/C20H36.2C8H16.2C2H6/c1-15-5-3-6-18(11-9-15)19-12-10-16(2)13-20(14-19)17-7-4-8-17;2*1-8-6-4-2-3-5-7-8;2*1-2/h15-20H,3-14H2,1-2H3;2*8H,2-7H2,1H3;2*1-2H3. The highest BCUT2D eigenvalue weighted by atomic mass is 14.4. The van der Waals surface area contributed by atoms with Crippen molar-refractivity contribution >= 4 is 0 Å². The van der Waals surface area contributed by atoms with E-state index >= 15 is 0 Å². The van der Waals surface area contributed by atoms with Gasteiger partial charge in [0.05, 0.1) is 0 Å². The first-order valence-electron chi connectivity index (χ1n) is 19.5. The Hall–Kier alpha value is 0. The Labute approximate surface area is 256 Å². The molecule has 0 aromatic rings. The fourth-order valence-corrected chi connectivity index (χ4v) is 8.41. The second-order valence-electron chi connectivity index (χ2n) is 14.9. The molecular weight excluding hydrogens is 480 g/mol. The smallest absolute Gasteiger partial charge is 0.0381 e. The molecule has 5 aliphatic rings. The van der Waals surface area contributed by atoms with Crippen LogP contribution in [0, 0.1) is 47.3 Å². The molecule has 0 saturated heterocycles. The van der Waals surface area contributed by atoms with Crippen LogP contribution in [0.3, 0.4) is 0 Å². The Bertz CT molecular complexity index is 498. The molecule has 0 aliphatic heterocycles. The second-order valence-corrected chi connectivity index (χ2v) is 14.9. The molecule has 5 rings (SSSR count). The van der Waals surface area contributed by atoms with Gasteiger partial charge < -0.3 is 0 Å². The van der Waals surface area contributed by atoms with Crippen molar-refractivity contribution in [2.45, 2.75) is 209 Å². The molecule has 0 amide bonds. The van der Waals surface area contributed by atoms with Crippen LogP contribution in [-0.2, 0) is 0 Å². The fraction of sp³-hybridized carbons (Fsp3) is 1.00. The predicted molar refractivity (Wildman–Crippen MR) is 184 cm³/mol. The van der Waals surface area contributed by atoms with Crippen molar-refractivity contribution in [1.29, 1.82) is 0 Å². The van der Waals surface area contributed by atoms with Crippen molar-refractivity contribution in [1.82, 2.24) is 0 Å². The molecule has 5 unspecified atom stereocenters. The number of rotatable bonds is 2. The van der Waals surface area contributed by atoms with E-state index in [1.165, 1.54) is 109 Å². The van der Waals surface area contributed by atoms with E-state index in [0.717, 1.165) is 47.3 Å². The van der Waals surface area contributed by atoms with Crippen LogP contribution < -0.4 is 0 Å². The second kappa shape index (κ2) is 24.4. The summed E-state index contributed by atoms with van der Waals surface area (Å²) in [5.41, 5.74) is 0. The normalized spacial score (nSPS) is 32.5. The summed E-state index contributed by atoms with van der Waals surface area (Å²) in [5, 5.41) is 0. The van der Waals surface area contributed by atoms with Gasteiger partial charge >= 0.3 is 0 Å². The Morgan fingerprint density at radius 1 is 0.250 bits per heavy atom. The van der Waals surface area contributed by atoms with Crippen molar-refractivity contribution in [3.8, 4) is 0 Å². The monoisotopic (exact) mass is 561 g/mol. The summed E-state index contributed by atoms with van der Waals surface area (Å²) in [5.74, 6) is 8.48. The summed E-state index contributed by atoms with van der Waals surface area (Å²) in [7, 11) is 0. The average Bonchev–Trinajstić information content (AvgIpc) is 3.48. The summed E-state index contributed by atoms with van der Waals surface area (Å²) in [6, 6.07) is 0. The third-order valence-corrected chi connectivity index (χ3v) is 11.4. The lowest BCUT2D eigenvalue weighted by Crippen LogP contribution is -2.26. The molecular formula is C40H80. The highest BCUT2D eigenvalue weighted by Gasteiger charge is 2.35. The van der Waals surface area contributed by atoms with E-state index in [-0.39, 0.29) is 0 Å². The maximum Gasteiger partial charge on any atom is -0.0381 e.